The zero-order chi connectivity index (χ0) is 33.6. The monoisotopic (exact) mass is 677 g/mol. The molecule has 2 atom stereocenters. The molecular weight excluding hydrogens is 646 g/mol. The van der Waals surface area contributed by atoms with Gasteiger partial charge < -0.3 is 26.1 Å². The predicted octanol–water partition coefficient (Wildman–Crippen LogP) is 1.26. The number of aryl methyl sites for hydroxylation is 1. The normalized spacial score (nSPS) is 16.9. The molecule has 17 nitrogen and oxygen atoms in total. The summed E-state index contributed by atoms with van der Waals surface area (Å²) >= 11 is 0.982. The molecule has 0 aliphatic carbocycles. The van der Waals surface area contributed by atoms with Crippen molar-refractivity contribution in [1.82, 2.24) is 20.0 Å². The molecule has 1 saturated heterocycles. The molecule has 2 aromatic heterocycles. The summed E-state index contributed by atoms with van der Waals surface area (Å²) in [4.78, 5) is 55.7. The SMILES string of the molecule is CC1(C)[C@H](CC(=O)/C(=N\OC(COc2ccc(-c3cnc(CCCN)nc3)cc2)C(=O)O)c2csc(N)n2)C(=O)N1OS(=O)(=O)O. The number of amides is 1. The molecule has 19 heteroatoms. The van der Waals surface area contributed by atoms with Crippen molar-refractivity contribution in [3.05, 3.63) is 53.6 Å². The van der Waals surface area contributed by atoms with Crippen molar-refractivity contribution in [2.75, 3.05) is 18.9 Å². The molecule has 1 aromatic carbocycles. The summed E-state index contributed by atoms with van der Waals surface area (Å²) in [5.41, 5.74) is 11.0. The van der Waals surface area contributed by atoms with Crippen molar-refractivity contribution in [1.29, 1.82) is 0 Å². The Bertz CT molecular complexity index is 1710. The van der Waals surface area contributed by atoms with Crippen molar-refractivity contribution in [3.8, 4) is 16.9 Å². The van der Waals surface area contributed by atoms with E-state index in [4.69, 9.17) is 25.6 Å². The Morgan fingerprint density at radius 3 is 2.39 bits per heavy atom. The van der Waals surface area contributed by atoms with Crippen molar-refractivity contribution >= 4 is 50.2 Å². The smallest absolute Gasteiger partial charge is 0.418 e. The topological polar surface area (TPSA) is 260 Å². The highest BCUT2D eigenvalue weighted by Crippen LogP contribution is 2.40. The summed E-state index contributed by atoms with van der Waals surface area (Å²) in [6.07, 6.45) is 2.69. The number of thiazole rings is 1. The molecule has 1 unspecified atom stereocenters. The number of carbonyl (C=O) groups excluding carboxylic acids is 2. The maximum Gasteiger partial charge on any atom is 0.418 e. The number of aromatic nitrogens is 3. The number of Topliss-reactive ketones (excluding diaryl/α,β-unsaturated/α-hetero) is 1. The largest absolute Gasteiger partial charge is 0.489 e. The Hall–Kier alpha value is -4.56. The van der Waals surface area contributed by atoms with Crippen LogP contribution in [0.4, 0.5) is 5.13 Å². The molecular formula is C27H31N7O10S2. The van der Waals surface area contributed by atoms with Crippen LogP contribution < -0.4 is 16.2 Å². The second-order valence-corrected chi connectivity index (χ2v) is 12.4. The summed E-state index contributed by atoms with van der Waals surface area (Å²) in [7, 11) is -4.99. The molecule has 3 heterocycles. The first-order valence-corrected chi connectivity index (χ1v) is 15.9. The molecule has 0 bridgehead atoms. The van der Waals surface area contributed by atoms with Gasteiger partial charge in [0.25, 0.3) is 12.0 Å². The minimum absolute atomic E-state index is 0.0276. The van der Waals surface area contributed by atoms with Gasteiger partial charge in [0, 0.05) is 36.2 Å². The van der Waals surface area contributed by atoms with E-state index in [2.05, 4.69) is 24.4 Å². The van der Waals surface area contributed by atoms with Crippen molar-refractivity contribution in [2.45, 2.75) is 44.8 Å². The number of benzene rings is 1. The fourth-order valence-corrected chi connectivity index (χ4v) is 5.36. The fourth-order valence-electron chi connectivity index (χ4n) is 4.36. The van der Waals surface area contributed by atoms with Crippen LogP contribution in [-0.4, -0.2) is 86.3 Å². The number of ether oxygens (including phenoxy) is 1. The Kier molecular flexibility index (Phi) is 10.6. The zero-order valence-electron chi connectivity index (χ0n) is 24.6. The summed E-state index contributed by atoms with van der Waals surface area (Å²) in [6, 6.07) is 6.74. The predicted molar refractivity (Wildman–Crippen MR) is 163 cm³/mol. The van der Waals surface area contributed by atoms with Crippen LogP contribution in [-0.2, 0) is 40.3 Å². The molecule has 1 aliphatic heterocycles. The fraction of sp³-hybridized carbons (Fsp3) is 0.370. The van der Waals surface area contributed by atoms with Crippen LogP contribution in [0.25, 0.3) is 11.1 Å². The number of carboxylic acids is 1. The van der Waals surface area contributed by atoms with Gasteiger partial charge in [0.2, 0.25) is 0 Å². The molecule has 0 spiro atoms. The van der Waals surface area contributed by atoms with Gasteiger partial charge in [0.15, 0.2) is 16.6 Å². The van der Waals surface area contributed by atoms with Crippen molar-refractivity contribution < 1.29 is 46.3 Å². The molecule has 1 aliphatic rings. The zero-order valence-corrected chi connectivity index (χ0v) is 26.2. The van der Waals surface area contributed by atoms with E-state index in [0.717, 1.165) is 28.9 Å². The molecule has 6 N–H and O–H groups in total. The first-order chi connectivity index (χ1) is 21.7. The molecule has 4 rings (SSSR count). The third-order valence-electron chi connectivity index (χ3n) is 6.91. The average Bonchev–Trinajstić information content (AvgIpc) is 3.44. The number of anilines is 1. The molecule has 46 heavy (non-hydrogen) atoms. The van der Waals surface area contributed by atoms with Crippen LogP contribution in [0, 0.1) is 5.92 Å². The lowest BCUT2D eigenvalue weighted by atomic mass is 9.74. The Labute approximate surface area is 267 Å². The minimum Gasteiger partial charge on any atom is -0.489 e. The van der Waals surface area contributed by atoms with Gasteiger partial charge in [0.1, 0.15) is 23.9 Å². The summed E-state index contributed by atoms with van der Waals surface area (Å²) in [6.45, 7) is 2.90. The molecule has 0 radical (unpaired) electrons. The average molecular weight is 678 g/mol. The lowest BCUT2D eigenvalue weighted by molar-refractivity contribution is -0.228. The van der Waals surface area contributed by atoms with Crippen molar-refractivity contribution in [2.24, 2.45) is 16.8 Å². The summed E-state index contributed by atoms with van der Waals surface area (Å²) < 4.78 is 41.1. The van der Waals surface area contributed by atoms with E-state index >= 15 is 0 Å². The number of nitrogens with two attached hydrogens (primary N) is 2. The summed E-state index contributed by atoms with van der Waals surface area (Å²) in [5.74, 6) is -3.16. The Balaban J connectivity index is 1.43. The van der Waals surface area contributed by atoms with Crippen LogP contribution in [0.3, 0.4) is 0 Å². The van der Waals surface area contributed by atoms with Crippen LogP contribution in [0.15, 0.2) is 47.2 Å². The van der Waals surface area contributed by atoms with Crippen LogP contribution >= 0.6 is 11.3 Å². The number of carboxylic acid groups (broad SMARTS) is 1. The minimum atomic E-state index is -4.99. The van der Waals surface area contributed by atoms with Gasteiger partial charge in [-0.3, -0.25) is 14.1 Å². The number of aliphatic carboxylic acids is 1. The highest BCUT2D eigenvalue weighted by molar-refractivity contribution is 7.80. The molecule has 0 saturated carbocycles. The second kappa shape index (κ2) is 14.3. The number of oxime groups is 1. The maximum atomic E-state index is 13.3. The standard InChI is InChI=1S/C27H31N7O10S2/c1-27(2)18(24(36)34(27)44-46(39,40)41)10-20(35)23(19-14-45-26(29)32-19)33-43-21(25(37)38)13-42-17-7-5-15(6-8-17)16-11-30-22(31-12-16)4-3-9-28/h5-8,11-12,14,18,21H,3-4,9-10,13,28H2,1-2H3,(H2,29,32)(H,37,38)(H,39,40,41)/b33-23-/t18-,21?/m1/s1. The van der Waals surface area contributed by atoms with E-state index in [9.17, 15) is 27.9 Å². The Morgan fingerprint density at radius 1 is 1.17 bits per heavy atom. The van der Waals surface area contributed by atoms with Gasteiger partial charge in [-0.25, -0.2) is 19.7 Å². The van der Waals surface area contributed by atoms with Crippen LogP contribution in [0.5, 0.6) is 5.75 Å². The van der Waals surface area contributed by atoms with Gasteiger partial charge >= 0.3 is 16.4 Å². The van der Waals surface area contributed by atoms with Gasteiger partial charge in [-0.15, -0.1) is 15.6 Å². The third-order valence-corrected chi connectivity index (χ3v) is 7.92. The number of rotatable bonds is 16. The number of ketones is 1. The van der Waals surface area contributed by atoms with E-state index in [1.807, 2.05) is 0 Å². The number of hydroxylamine groups is 2. The molecule has 3 aromatic rings. The van der Waals surface area contributed by atoms with Crippen LogP contribution in [0.2, 0.25) is 0 Å². The number of hydrogen-bond acceptors (Lipinski definition) is 15. The second-order valence-electron chi connectivity index (χ2n) is 10.5. The number of nitrogen functional groups attached to an aromatic ring is 1. The Morgan fingerprint density at radius 2 is 1.85 bits per heavy atom. The van der Waals surface area contributed by atoms with Gasteiger partial charge in [0.05, 0.1) is 11.5 Å². The van der Waals surface area contributed by atoms with E-state index in [1.165, 1.54) is 19.2 Å². The van der Waals surface area contributed by atoms with Crippen LogP contribution in [0.1, 0.15) is 38.2 Å². The van der Waals surface area contributed by atoms with E-state index in [1.54, 1.807) is 36.7 Å². The van der Waals surface area contributed by atoms with Gasteiger partial charge in [-0.05, 0) is 44.5 Å². The highest BCUT2D eigenvalue weighted by atomic mass is 32.3. The first kappa shape index (κ1) is 34.3. The number of carbonyl (C=O) groups is 3. The van der Waals surface area contributed by atoms with Crippen molar-refractivity contribution in [3.63, 3.8) is 0 Å². The lowest BCUT2D eigenvalue weighted by Gasteiger charge is -2.50. The maximum absolute atomic E-state index is 13.3. The van der Waals surface area contributed by atoms with Gasteiger partial charge in [-0.2, -0.15) is 13.5 Å². The lowest BCUT2D eigenvalue weighted by Crippen LogP contribution is -2.68. The quantitative estimate of drug-likeness (QED) is 0.0720. The van der Waals surface area contributed by atoms with E-state index < -0.39 is 64.4 Å². The number of β-lactam (4-membered cyclic amide) rings is 1. The molecule has 1 fully saturated rings. The first-order valence-electron chi connectivity index (χ1n) is 13.7. The highest BCUT2D eigenvalue weighted by Gasteiger charge is 2.57. The number of hydrogen-bond donors (Lipinski definition) is 4. The van der Waals surface area contributed by atoms with Gasteiger partial charge in [-0.1, -0.05) is 17.3 Å². The van der Waals surface area contributed by atoms with E-state index in [-0.39, 0.29) is 10.8 Å². The summed E-state index contributed by atoms with van der Waals surface area (Å²) in [5, 5.41) is 15.4. The van der Waals surface area contributed by atoms with E-state index in [0.29, 0.717) is 29.6 Å². The number of nitrogens with zero attached hydrogens (tertiary/aromatic N) is 5. The third kappa shape index (κ3) is 8.37. The molecule has 246 valence electrons. The molecule has 1 amide bonds.